The summed E-state index contributed by atoms with van der Waals surface area (Å²) in [6.45, 7) is 2.51. The summed E-state index contributed by atoms with van der Waals surface area (Å²) in [5.41, 5.74) is 7.71. The highest BCUT2D eigenvalue weighted by Crippen LogP contribution is 2.37. The standard InChI is InChI=1S/C20H19Cl2F2N5O/c1-10(18-13(21)2-3-14(23)19(18)22)30-17-4-11(5-27-20(17)25)12-6-28-29(9-12)16-8-26-7-15(16)24/h2-6,9-10,15-16,26H,7-8H2,1H3,(H2,25,27)/t10-,15+,16?/m1/s1. The first-order valence-electron chi connectivity index (χ1n) is 9.30. The lowest BCUT2D eigenvalue weighted by Crippen LogP contribution is -2.18. The summed E-state index contributed by atoms with van der Waals surface area (Å²) in [6.07, 6.45) is 3.29. The number of rotatable bonds is 5. The highest BCUT2D eigenvalue weighted by atomic mass is 35.5. The lowest BCUT2D eigenvalue weighted by molar-refractivity contribution is 0.227. The minimum atomic E-state index is -0.997. The SMILES string of the molecule is C[C@@H](Oc1cc(-c2cnn(C3CNC[C@@H]3F)c2)cnc1N)c1c(Cl)ccc(F)c1Cl. The predicted octanol–water partition coefficient (Wildman–Crippen LogP) is 4.60. The van der Waals surface area contributed by atoms with Gasteiger partial charge in [-0.1, -0.05) is 23.2 Å². The first-order chi connectivity index (χ1) is 14.3. The van der Waals surface area contributed by atoms with Gasteiger partial charge in [-0.2, -0.15) is 5.10 Å². The molecule has 3 atom stereocenters. The molecule has 1 saturated heterocycles. The molecule has 3 aromatic rings. The number of nitrogens with zero attached hydrogens (tertiary/aromatic N) is 3. The number of ether oxygens (including phenoxy) is 1. The van der Waals surface area contributed by atoms with Gasteiger partial charge < -0.3 is 15.8 Å². The average molecular weight is 454 g/mol. The average Bonchev–Trinajstić information content (AvgIpc) is 3.35. The Morgan fingerprint density at radius 2 is 2.07 bits per heavy atom. The van der Waals surface area contributed by atoms with Crippen molar-refractivity contribution in [1.82, 2.24) is 20.1 Å². The lowest BCUT2D eigenvalue weighted by atomic mass is 10.1. The van der Waals surface area contributed by atoms with Crippen molar-refractivity contribution in [2.24, 2.45) is 0 Å². The van der Waals surface area contributed by atoms with Gasteiger partial charge in [-0.05, 0) is 25.1 Å². The first kappa shape index (κ1) is 20.8. The van der Waals surface area contributed by atoms with Crippen molar-refractivity contribution in [3.05, 3.63) is 58.2 Å². The highest BCUT2D eigenvalue weighted by Gasteiger charge is 2.29. The molecule has 1 aromatic carbocycles. The zero-order valence-electron chi connectivity index (χ0n) is 15.9. The molecule has 30 heavy (non-hydrogen) atoms. The topological polar surface area (TPSA) is 78.0 Å². The number of pyridine rings is 1. The Hall–Kier alpha value is -2.42. The smallest absolute Gasteiger partial charge is 0.166 e. The maximum Gasteiger partial charge on any atom is 0.166 e. The van der Waals surface area contributed by atoms with Gasteiger partial charge in [-0.3, -0.25) is 4.68 Å². The van der Waals surface area contributed by atoms with Gasteiger partial charge >= 0.3 is 0 Å². The molecule has 3 heterocycles. The third-order valence-electron chi connectivity index (χ3n) is 5.06. The number of hydrogen-bond acceptors (Lipinski definition) is 5. The van der Waals surface area contributed by atoms with Gasteiger partial charge in [0.2, 0.25) is 0 Å². The summed E-state index contributed by atoms with van der Waals surface area (Å²) in [6, 6.07) is 3.95. The van der Waals surface area contributed by atoms with E-state index in [1.807, 2.05) is 0 Å². The second-order valence-electron chi connectivity index (χ2n) is 7.07. The highest BCUT2D eigenvalue weighted by molar-refractivity contribution is 6.36. The van der Waals surface area contributed by atoms with Crippen LogP contribution >= 0.6 is 23.2 Å². The first-order valence-corrected chi connectivity index (χ1v) is 10.1. The normalized spacial score (nSPS) is 19.8. The van der Waals surface area contributed by atoms with Crippen LogP contribution in [0, 0.1) is 5.82 Å². The maximum absolute atomic E-state index is 14.0. The van der Waals surface area contributed by atoms with E-state index in [1.54, 1.807) is 36.3 Å². The van der Waals surface area contributed by atoms with Gasteiger partial charge in [0.1, 0.15) is 18.1 Å². The summed E-state index contributed by atoms with van der Waals surface area (Å²) in [5, 5.41) is 7.46. The molecular weight excluding hydrogens is 435 g/mol. The molecule has 3 N–H and O–H groups in total. The third kappa shape index (κ3) is 3.95. The van der Waals surface area contributed by atoms with Crippen molar-refractivity contribution in [2.75, 3.05) is 18.8 Å². The number of nitrogen functional groups attached to an aromatic ring is 1. The Labute approximate surface area is 181 Å². The van der Waals surface area contributed by atoms with E-state index in [4.69, 9.17) is 33.7 Å². The summed E-state index contributed by atoms with van der Waals surface area (Å²) < 4.78 is 35.4. The summed E-state index contributed by atoms with van der Waals surface area (Å²) in [7, 11) is 0. The number of alkyl halides is 1. The van der Waals surface area contributed by atoms with Gasteiger partial charge in [0.15, 0.2) is 11.6 Å². The summed E-state index contributed by atoms with van der Waals surface area (Å²) >= 11 is 12.3. The fraction of sp³-hybridized carbons (Fsp3) is 0.300. The number of hydrogen-bond donors (Lipinski definition) is 2. The molecule has 10 heteroatoms. The van der Waals surface area contributed by atoms with Crippen molar-refractivity contribution >= 4 is 29.0 Å². The Kier molecular flexibility index (Phi) is 5.81. The number of halogens is 4. The van der Waals surface area contributed by atoms with Crippen LogP contribution in [0.15, 0.2) is 36.8 Å². The molecule has 2 aromatic heterocycles. The van der Waals surface area contributed by atoms with Crippen LogP contribution in [0.25, 0.3) is 11.1 Å². The van der Waals surface area contributed by atoms with E-state index in [1.165, 1.54) is 12.1 Å². The largest absolute Gasteiger partial charge is 0.482 e. The van der Waals surface area contributed by atoms with Gasteiger partial charge in [-0.25, -0.2) is 13.8 Å². The van der Waals surface area contributed by atoms with Crippen molar-refractivity contribution in [3.63, 3.8) is 0 Å². The summed E-state index contributed by atoms with van der Waals surface area (Å²) in [5.74, 6) is -0.146. The monoisotopic (exact) mass is 453 g/mol. The molecule has 1 aliphatic rings. The van der Waals surface area contributed by atoms with Crippen molar-refractivity contribution in [2.45, 2.75) is 25.2 Å². The van der Waals surface area contributed by atoms with Crippen molar-refractivity contribution < 1.29 is 13.5 Å². The fourth-order valence-corrected chi connectivity index (χ4v) is 4.11. The Morgan fingerprint density at radius 1 is 1.27 bits per heavy atom. The Balaban J connectivity index is 1.60. The van der Waals surface area contributed by atoms with Crippen LogP contribution in [0.2, 0.25) is 10.0 Å². The maximum atomic E-state index is 14.0. The molecule has 1 aliphatic heterocycles. The number of benzene rings is 1. The van der Waals surface area contributed by atoms with Crippen LogP contribution in [0.3, 0.4) is 0 Å². The second kappa shape index (κ2) is 8.37. The minimum absolute atomic E-state index is 0.107. The van der Waals surface area contributed by atoms with E-state index in [-0.39, 0.29) is 27.7 Å². The van der Waals surface area contributed by atoms with Gasteiger partial charge in [0.25, 0.3) is 0 Å². The van der Waals surface area contributed by atoms with Crippen LogP contribution in [-0.2, 0) is 0 Å². The molecule has 6 nitrogen and oxygen atoms in total. The predicted molar refractivity (Wildman–Crippen MR) is 112 cm³/mol. The van der Waals surface area contributed by atoms with Crippen LogP contribution < -0.4 is 15.8 Å². The fourth-order valence-electron chi connectivity index (χ4n) is 3.43. The van der Waals surface area contributed by atoms with Crippen LogP contribution in [0.4, 0.5) is 14.6 Å². The van der Waals surface area contributed by atoms with Crippen LogP contribution in [0.1, 0.15) is 24.6 Å². The zero-order chi connectivity index (χ0) is 21.4. The van der Waals surface area contributed by atoms with Crippen molar-refractivity contribution in [1.29, 1.82) is 0 Å². The van der Waals surface area contributed by atoms with Gasteiger partial charge in [0, 0.05) is 47.2 Å². The van der Waals surface area contributed by atoms with E-state index in [9.17, 15) is 8.78 Å². The van der Waals surface area contributed by atoms with E-state index in [0.29, 0.717) is 24.2 Å². The second-order valence-corrected chi connectivity index (χ2v) is 7.86. The molecule has 1 unspecified atom stereocenters. The van der Waals surface area contributed by atoms with E-state index in [0.717, 1.165) is 5.56 Å². The molecule has 0 radical (unpaired) electrons. The molecule has 4 rings (SSSR count). The number of anilines is 1. The van der Waals surface area contributed by atoms with Crippen molar-refractivity contribution in [3.8, 4) is 16.9 Å². The molecule has 158 valence electrons. The minimum Gasteiger partial charge on any atom is -0.482 e. The van der Waals surface area contributed by atoms with Gasteiger partial charge in [-0.15, -0.1) is 0 Å². The molecule has 0 spiro atoms. The molecule has 0 saturated carbocycles. The quantitative estimate of drug-likeness (QED) is 0.552. The van der Waals surface area contributed by atoms with E-state index < -0.39 is 18.1 Å². The molecule has 0 bridgehead atoms. The summed E-state index contributed by atoms with van der Waals surface area (Å²) in [4.78, 5) is 4.18. The molecule has 1 fully saturated rings. The molecular formula is C20H19Cl2F2N5O. The Morgan fingerprint density at radius 3 is 2.80 bits per heavy atom. The Bertz CT molecular complexity index is 1080. The van der Waals surface area contributed by atoms with Crippen LogP contribution in [0.5, 0.6) is 5.75 Å². The number of nitrogens with two attached hydrogens (primary N) is 1. The molecule has 0 amide bonds. The zero-order valence-corrected chi connectivity index (χ0v) is 17.5. The number of aromatic nitrogens is 3. The van der Waals surface area contributed by atoms with E-state index >= 15 is 0 Å². The molecule has 0 aliphatic carbocycles. The lowest BCUT2D eigenvalue weighted by Gasteiger charge is -2.19. The third-order valence-corrected chi connectivity index (χ3v) is 5.77. The van der Waals surface area contributed by atoms with E-state index in [2.05, 4.69) is 15.4 Å². The van der Waals surface area contributed by atoms with Gasteiger partial charge in [0.05, 0.1) is 17.3 Å². The number of nitrogens with one attached hydrogen (secondary N) is 1. The van der Waals surface area contributed by atoms with Crippen LogP contribution in [-0.4, -0.2) is 34.0 Å².